The highest BCUT2D eigenvalue weighted by atomic mass is 19.1. The Morgan fingerprint density at radius 1 is 1.13 bits per heavy atom. The number of aryl methyl sites for hydroxylation is 1. The molecule has 4 nitrogen and oxygen atoms in total. The van der Waals surface area contributed by atoms with Crippen molar-refractivity contribution < 1.29 is 18.1 Å². The molecule has 0 unspecified atom stereocenters. The van der Waals surface area contributed by atoms with Crippen molar-refractivity contribution in [1.82, 2.24) is 4.98 Å². The van der Waals surface area contributed by atoms with Gasteiger partial charge in [-0.3, -0.25) is 0 Å². The van der Waals surface area contributed by atoms with Gasteiger partial charge in [0.1, 0.15) is 5.52 Å². The van der Waals surface area contributed by atoms with E-state index in [2.05, 4.69) is 11.9 Å². The first-order chi connectivity index (χ1) is 10.7. The zero-order chi connectivity index (χ0) is 16.8. The van der Waals surface area contributed by atoms with Gasteiger partial charge in [0.05, 0.1) is 11.2 Å². The molecule has 0 N–H and O–H groups in total. The SMILES string of the molecule is CCCCc1nc2c(F)cc(B3OC(C)(C)C(C)(C)O3)cc2o1. The highest BCUT2D eigenvalue weighted by Crippen LogP contribution is 2.36. The minimum absolute atomic E-state index is 0.274. The van der Waals surface area contributed by atoms with Crippen LogP contribution in [0.5, 0.6) is 0 Å². The molecule has 1 aliphatic heterocycles. The third-order valence-corrected chi connectivity index (χ3v) is 4.78. The predicted molar refractivity (Wildman–Crippen MR) is 88.3 cm³/mol. The Balaban J connectivity index is 1.94. The van der Waals surface area contributed by atoms with Crippen molar-refractivity contribution in [3.8, 4) is 0 Å². The smallest absolute Gasteiger partial charge is 0.441 e. The summed E-state index contributed by atoms with van der Waals surface area (Å²) in [5, 5.41) is 0. The van der Waals surface area contributed by atoms with Gasteiger partial charge in [0, 0.05) is 6.42 Å². The molecule has 0 atom stereocenters. The van der Waals surface area contributed by atoms with E-state index < -0.39 is 24.1 Å². The summed E-state index contributed by atoms with van der Waals surface area (Å²) < 4.78 is 32.0. The summed E-state index contributed by atoms with van der Waals surface area (Å²) in [5.74, 6) is 0.172. The molecule has 1 aliphatic rings. The number of fused-ring (bicyclic) bond motifs is 1. The fourth-order valence-electron chi connectivity index (χ4n) is 2.60. The van der Waals surface area contributed by atoms with Crippen molar-refractivity contribution in [3.05, 3.63) is 23.8 Å². The average Bonchev–Trinajstić information content (AvgIpc) is 2.95. The topological polar surface area (TPSA) is 44.5 Å². The van der Waals surface area contributed by atoms with Crippen molar-refractivity contribution in [3.63, 3.8) is 0 Å². The fourth-order valence-corrected chi connectivity index (χ4v) is 2.60. The third-order valence-electron chi connectivity index (χ3n) is 4.78. The zero-order valence-corrected chi connectivity index (χ0v) is 14.4. The number of unbranched alkanes of at least 4 members (excludes halogenated alkanes) is 1. The lowest BCUT2D eigenvalue weighted by molar-refractivity contribution is 0.00578. The van der Waals surface area contributed by atoms with E-state index in [1.807, 2.05) is 27.7 Å². The van der Waals surface area contributed by atoms with Gasteiger partial charge in [0.15, 0.2) is 17.3 Å². The van der Waals surface area contributed by atoms with E-state index in [1.54, 1.807) is 6.07 Å². The number of hydrogen-bond acceptors (Lipinski definition) is 4. The van der Waals surface area contributed by atoms with Gasteiger partial charge in [0.25, 0.3) is 0 Å². The number of aromatic nitrogens is 1. The van der Waals surface area contributed by atoms with Gasteiger partial charge >= 0.3 is 7.12 Å². The molecule has 3 rings (SSSR count). The molecule has 0 amide bonds. The Bertz CT molecular complexity index is 710. The molecule has 2 aromatic rings. The van der Waals surface area contributed by atoms with E-state index in [-0.39, 0.29) is 5.52 Å². The summed E-state index contributed by atoms with van der Waals surface area (Å²) in [6.07, 6.45) is 2.73. The second-order valence-electron chi connectivity index (χ2n) is 7.15. The molecule has 1 aromatic carbocycles. The van der Waals surface area contributed by atoms with Gasteiger partial charge in [-0.1, -0.05) is 13.3 Å². The molecule has 0 aliphatic carbocycles. The average molecular weight is 319 g/mol. The quantitative estimate of drug-likeness (QED) is 0.808. The van der Waals surface area contributed by atoms with Crippen LogP contribution in [0.25, 0.3) is 11.1 Å². The van der Waals surface area contributed by atoms with Crippen LogP contribution < -0.4 is 5.46 Å². The highest BCUT2D eigenvalue weighted by Gasteiger charge is 2.51. The molecular weight excluding hydrogens is 296 g/mol. The Hall–Kier alpha value is -1.40. The minimum Gasteiger partial charge on any atom is -0.441 e. The van der Waals surface area contributed by atoms with Gasteiger partial charge in [0.2, 0.25) is 0 Å². The second kappa shape index (κ2) is 5.60. The summed E-state index contributed by atoms with van der Waals surface area (Å²) in [4.78, 5) is 4.25. The van der Waals surface area contributed by atoms with Crippen LogP contribution in [0, 0.1) is 5.82 Å². The largest absolute Gasteiger partial charge is 0.495 e. The normalized spacial score (nSPS) is 19.7. The zero-order valence-electron chi connectivity index (χ0n) is 14.4. The first-order valence-electron chi connectivity index (χ1n) is 8.18. The van der Waals surface area contributed by atoms with Crippen LogP contribution in [0.15, 0.2) is 16.5 Å². The number of halogens is 1. The van der Waals surface area contributed by atoms with E-state index in [9.17, 15) is 4.39 Å². The molecule has 0 bridgehead atoms. The highest BCUT2D eigenvalue weighted by molar-refractivity contribution is 6.62. The van der Waals surface area contributed by atoms with E-state index in [4.69, 9.17) is 13.7 Å². The molecule has 124 valence electrons. The van der Waals surface area contributed by atoms with E-state index in [0.717, 1.165) is 19.3 Å². The van der Waals surface area contributed by atoms with Crippen molar-refractivity contribution >= 4 is 23.7 Å². The first-order valence-corrected chi connectivity index (χ1v) is 8.18. The lowest BCUT2D eigenvalue weighted by Crippen LogP contribution is -2.41. The third kappa shape index (κ3) is 2.90. The van der Waals surface area contributed by atoms with Crippen molar-refractivity contribution in [1.29, 1.82) is 0 Å². The van der Waals surface area contributed by atoms with Gasteiger partial charge in [-0.25, -0.2) is 9.37 Å². The summed E-state index contributed by atoms with van der Waals surface area (Å²) in [6, 6.07) is 3.19. The van der Waals surface area contributed by atoms with Crippen LogP contribution in [-0.4, -0.2) is 23.3 Å². The molecule has 1 saturated heterocycles. The summed E-state index contributed by atoms with van der Waals surface area (Å²) >= 11 is 0. The Morgan fingerprint density at radius 3 is 2.39 bits per heavy atom. The van der Waals surface area contributed by atoms with Crippen molar-refractivity contribution in [2.24, 2.45) is 0 Å². The first kappa shape index (κ1) is 16.5. The van der Waals surface area contributed by atoms with Gasteiger partial charge in [-0.2, -0.15) is 0 Å². The second-order valence-corrected chi connectivity index (χ2v) is 7.15. The van der Waals surface area contributed by atoms with E-state index in [0.29, 0.717) is 16.9 Å². The van der Waals surface area contributed by atoms with Crippen molar-refractivity contribution in [2.75, 3.05) is 0 Å². The maximum absolute atomic E-state index is 14.4. The number of benzene rings is 1. The number of oxazole rings is 1. The van der Waals surface area contributed by atoms with Gasteiger partial charge < -0.3 is 13.7 Å². The molecule has 23 heavy (non-hydrogen) atoms. The van der Waals surface area contributed by atoms with Crippen LogP contribution in [0.2, 0.25) is 0 Å². The molecule has 6 heteroatoms. The fraction of sp³-hybridized carbons (Fsp3) is 0.588. The summed E-state index contributed by atoms with van der Waals surface area (Å²) in [5.41, 5.74) is 0.414. The van der Waals surface area contributed by atoms with Crippen LogP contribution in [0.3, 0.4) is 0 Å². The van der Waals surface area contributed by atoms with E-state index in [1.165, 1.54) is 6.07 Å². The lowest BCUT2D eigenvalue weighted by Gasteiger charge is -2.32. The van der Waals surface area contributed by atoms with E-state index >= 15 is 0 Å². The maximum Gasteiger partial charge on any atom is 0.495 e. The van der Waals surface area contributed by atoms with Crippen LogP contribution in [-0.2, 0) is 15.7 Å². The molecule has 1 aromatic heterocycles. The predicted octanol–water partition coefficient (Wildman–Crippen LogP) is 3.61. The molecule has 0 spiro atoms. The number of hydrogen-bond donors (Lipinski definition) is 0. The number of nitrogens with zero attached hydrogens (tertiary/aromatic N) is 1. The Kier molecular flexibility index (Phi) is 4.01. The molecular formula is C17H23BFNO3. The molecule has 0 saturated carbocycles. The number of rotatable bonds is 4. The maximum atomic E-state index is 14.4. The molecule has 1 fully saturated rings. The lowest BCUT2D eigenvalue weighted by atomic mass is 9.79. The van der Waals surface area contributed by atoms with Crippen LogP contribution >= 0.6 is 0 Å². The van der Waals surface area contributed by atoms with Crippen LogP contribution in [0.1, 0.15) is 53.4 Å². The van der Waals surface area contributed by atoms with Crippen molar-refractivity contribution in [2.45, 2.75) is 65.1 Å². The van der Waals surface area contributed by atoms with Gasteiger partial charge in [-0.15, -0.1) is 0 Å². The van der Waals surface area contributed by atoms with Crippen LogP contribution in [0.4, 0.5) is 4.39 Å². The standard InChI is InChI=1S/C17H23BFNO3/c1-6-7-8-14-20-15-12(19)9-11(10-13(15)21-14)18-22-16(2,3)17(4,5)23-18/h9-10H,6-8H2,1-5H3. The minimum atomic E-state index is -0.608. The Labute approximate surface area is 136 Å². The van der Waals surface area contributed by atoms with Gasteiger partial charge in [-0.05, 0) is 51.7 Å². The summed E-state index contributed by atoms with van der Waals surface area (Å²) in [6.45, 7) is 9.98. The molecule has 2 heterocycles. The monoisotopic (exact) mass is 319 g/mol. The molecule has 0 radical (unpaired) electrons. The Morgan fingerprint density at radius 2 is 1.78 bits per heavy atom. The summed E-state index contributed by atoms with van der Waals surface area (Å²) in [7, 11) is -0.608.